The van der Waals surface area contributed by atoms with E-state index in [4.69, 9.17) is 4.74 Å². The maximum absolute atomic E-state index is 12.8. The number of hydrogen-bond acceptors (Lipinski definition) is 7. The Labute approximate surface area is 159 Å². The second kappa shape index (κ2) is 6.90. The number of aliphatic hydroxyl groups is 2. The normalized spacial score (nSPS) is 14.1. The number of fused-ring (bicyclic) bond motifs is 2. The number of rotatable bonds is 4. The summed E-state index contributed by atoms with van der Waals surface area (Å²) in [6.45, 7) is -0.212. The number of methoxy groups -OCH3 is 1. The second-order valence-corrected chi connectivity index (χ2v) is 6.38. The van der Waals surface area contributed by atoms with E-state index in [1.807, 2.05) is 0 Å². The van der Waals surface area contributed by atoms with E-state index in [-0.39, 0.29) is 42.3 Å². The first-order chi connectivity index (χ1) is 13.5. The molecule has 0 saturated carbocycles. The van der Waals surface area contributed by atoms with Crippen molar-refractivity contribution < 1.29 is 24.5 Å². The van der Waals surface area contributed by atoms with Crippen LogP contribution >= 0.6 is 0 Å². The molecule has 0 radical (unpaired) electrons. The van der Waals surface area contributed by atoms with Crippen molar-refractivity contribution in [1.29, 1.82) is 0 Å². The van der Waals surface area contributed by atoms with Gasteiger partial charge in [0.25, 0.3) is 5.91 Å². The summed E-state index contributed by atoms with van der Waals surface area (Å²) in [5, 5.41) is 21.9. The van der Waals surface area contributed by atoms with Crippen molar-refractivity contribution in [2.45, 2.75) is 19.4 Å². The van der Waals surface area contributed by atoms with Crippen LogP contribution < -0.4 is 10.1 Å². The molecule has 142 valence electrons. The van der Waals surface area contributed by atoms with Gasteiger partial charge in [-0.25, -0.2) is 9.97 Å². The molecule has 1 aromatic heterocycles. The van der Waals surface area contributed by atoms with Crippen LogP contribution in [0.3, 0.4) is 0 Å². The summed E-state index contributed by atoms with van der Waals surface area (Å²) >= 11 is 0. The molecule has 0 bridgehead atoms. The van der Waals surface area contributed by atoms with E-state index in [0.717, 1.165) is 0 Å². The van der Waals surface area contributed by atoms with Crippen molar-refractivity contribution in [2.24, 2.45) is 0 Å². The van der Waals surface area contributed by atoms with Gasteiger partial charge < -0.3 is 20.3 Å². The van der Waals surface area contributed by atoms with Gasteiger partial charge in [-0.1, -0.05) is 12.1 Å². The maximum atomic E-state index is 12.8. The van der Waals surface area contributed by atoms with Gasteiger partial charge >= 0.3 is 0 Å². The van der Waals surface area contributed by atoms with E-state index in [2.05, 4.69) is 15.3 Å². The monoisotopic (exact) mass is 379 g/mol. The van der Waals surface area contributed by atoms with Crippen molar-refractivity contribution in [3.05, 3.63) is 52.9 Å². The van der Waals surface area contributed by atoms with Crippen LogP contribution in [-0.4, -0.2) is 39.0 Å². The molecule has 1 aliphatic carbocycles. The summed E-state index contributed by atoms with van der Waals surface area (Å²) in [7, 11) is 1.50. The van der Waals surface area contributed by atoms with Gasteiger partial charge in [0, 0.05) is 18.4 Å². The lowest BCUT2D eigenvalue weighted by Gasteiger charge is -2.11. The number of nitrogens with zero attached hydrogens (tertiary/aromatic N) is 2. The molecule has 4 rings (SSSR count). The summed E-state index contributed by atoms with van der Waals surface area (Å²) in [4.78, 5) is 33.7. The molecule has 0 fully saturated rings. The molecule has 0 spiro atoms. The van der Waals surface area contributed by atoms with Gasteiger partial charge in [-0.15, -0.1) is 0 Å². The number of allylic oxidation sites excluding steroid dienone is 2. The zero-order valence-corrected chi connectivity index (χ0v) is 15.0. The molecule has 0 aliphatic heterocycles. The third-order valence-corrected chi connectivity index (χ3v) is 4.70. The number of ketones is 1. The van der Waals surface area contributed by atoms with Crippen LogP contribution in [0.5, 0.6) is 5.75 Å². The highest BCUT2D eigenvalue weighted by atomic mass is 16.5. The highest BCUT2D eigenvalue weighted by Crippen LogP contribution is 2.29. The number of ether oxygens (including phenoxy) is 1. The number of Topliss-reactive ketones (excluding diaryl/α,β-unsaturated/α-hetero) is 1. The second-order valence-electron chi connectivity index (χ2n) is 6.38. The fraction of sp³-hybridized carbons (Fsp3) is 0.200. The fourth-order valence-electron chi connectivity index (χ4n) is 3.25. The standard InChI is InChI=1S/C20H17N3O5/c1-28-15-8-5-10(9-24)16-19(15)22-17-11(3-2-4-12(17)21-16)20(27)23-18-13(25)6-7-14(18)26/h2-5,8,24-25H,6-7,9H2,1H3,(H,23,27). The van der Waals surface area contributed by atoms with E-state index in [1.54, 1.807) is 30.3 Å². The Morgan fingerprint density at radius 3 is 2.64 bits per heavy atom. The van der Waals surface area contributed by atoms with Crippen LogP contribution in [0.4, 0.5) is 0 Å². The molecular weight excluding hydrogens is 362 g/mol. The number of nitrogens with one attached hydrogen (secondary N) is 1. The fourth-order valence-corrected chi connectivity index (χ4v) is 3.25. The maximum Gasteiger partial charge on any atom is 0.258 e. The van der Waals surface area contributed by atoms with Crippen LogP contribution in [0.2, 0.25) is 0 Å². The number of benzene rings is 2. The highest BCUT2D eigenvalue weighted by molar-refractivity contribution is 6.10. The van der Waals surface area contributed by atoms with E-state index in [1.165, 1.54) is 7.11 Å². The third-order valence-electron chi connectivity index (χ3n) is 4.70. The van der Waals surface area contributed by atoms with Crippen LogP contribution in [-0.2, 0) is 11.4 Å². The average Bonchev–Trinajstić information content (AvgIpc) is 3.03. The van der Waals surface area contributed by atoms with Crippen LogP contribution in [0.1, 0.15) is 28.8 Å². The van der Waals surface area contributed by atoms with E-state index < -0.39 is 5.91 Å². The Balaban J connectivity index is 1.88. The summed E-state index contributed by atoms with van der Waals surface area (Å²) in [5.74, 6) is -0.530. The van der Waals surface area contributed by atoms with Crippen LogP contribution in [0, 0.1) is 0 Å². The smallest absolute Gasteiger partial charge is 0.258 e. The SMILES string of the molecule is COc1ccc(CO)c2nc3cccc(C(=O)NC4=C(O)CCC4=O)c3nc12. The first-order valence-corrected chi connectivity index (χ1v) is 8.67. The Morgan fingerprint density at radius 2 is 1.96 bits per heavy atom. The lowest BCUT2D eigenvalue weighted by Crippen LogP contribution is -2.26. The molecule has 0 atom stereocenters. The van der Waals surface area contributed by atoms with Crippen molar-refractivity contribution in [3.8, 4) is 5.75 Å². The van der Waals surface area contributed by atoms with Crippen LogP contribution in [0.15, 0.2) is 41.8 Å². The molecule has 0 unspecified atom stereocenters. The summed E-state index contributed by atoms with van der Waals surface area (Å²) in [5.41, 5.74) is 2.41. The predicted molar refractivity (Wildman–Crippen MR) is 101 cm³/mol. The van der Waals surface area contributed by atoms with Crippen molar-refractivity contribution in [1.82, 2.24) is 15.3 Å². The molecule has 0 saturated heterocycles. The first-order valence-electron chi connectivity index (χ1n) is 8.67. The number of carbonyl (C=O) groups is 2. The highest BCUT2D eigenvalue weighted by Gasteiger charge is 2.26. The Morgan fingerprint density at radius 1 is 1.14 bits per heavy atom. The molecule has 8 heteroatoms. The van der Waals surface area contributed by atoms with E-state index in [9.17, 15) is 19.8 Å². The molecule has 2 aromatic carbocycles. The topological polar surface area (TPSA) is 122 Å². The summed E-state index contributed by atoms with van der Waals surface area (Å²) in [6.07, 6.45) is 0.387. The molecule has 3 aromatic rings. The molecule has 1 aliphatic rings. The molecule has 1 heterocycles. The van der Waals surface area contributed by atoms with Crippen molar-refractivity contribution >= 4 is 33.8 Å². The molecule has 1 amide bonds. The van der Waals surface area contributed by atoms with Gasteiger partial charge in [0.1, 0.15) is 28.2 Å². The Bertz CT molecular complexity index is 1170. The van der Waals surface area contributed by atoms with Gasteiger partial charge in [0.15, 0.2) is 5.78 Å². The third kappa shape index (κ3) is 2.84. The largest absolute Gasteiger partial charge is 0.510 e. The Kier molecular flexibility index (Phi) is 4.40. The minimum Gasteiger partial charge on any atom is -0.510 e. The number of aliphatic hydroxyl groups excluding tert-OH is 2. The summed E-state index contributed by atoms with van der Waals surface area (Å²) < 4.78 is 5.34. The molecule has 3 N–H and O–H groups in total. The zero-order chi connectivity index (χ0) is 19.8. The van der Waals surface area contributed by atoms with Crippen molar-refractivity contribution in [3.63, 3.8) is 0 Å². The van der Waals surface area contributed by atoms with Gasteiger partial charge in [-0.2, -0.15) is 0 Å². The molecular formula is C20H17N3O5. The molecule has 28 heavy (non-hydrogen) atoms. The van der Waals surface area contributed by atoms with Gasteiger partial charge in [0.2, 0.25) is 0 Å². The number of carbonyl (C=O) groups excluding carboxylic acids is 2. The van der Waals surface area contributed by atoms with Crippen LogP contribution in [0.25, 0.3) is 22.1 Å². The number of aromatic nitrogens is 2. The molecule has 8 nitrogen and oxygen atoms in total. The minimum absolute atomic E-state index is 0.0732. The minimum atomic E-state index is -0.562. The van der Waals surface area contributed by atoms with Gasteiger partial charge in [-0.3, -0.25) is 9.59 Å². The van der Waals surface area contributed by atoms with E-state index in [0.29, 0.717) is 33.4 Å². The van der Waals surface area contributed by atoms with Gasteiger partial charge in [-0.05, 0) is 18.2 Å². The average molecular weight is 379 g/mol. The number of amides is 1. The quantitative estimate of drug-likeness (QED) is 0.594. The van der Waals surface area contributed by atoms with Crippen molar-refractivity contribution in [2.75, 3.05) is 7.11 Å². The number of hydrogen-bond donors (Lipinski definition) is 3. The first kappa shape index (κ1) is 17.9. The lowest BCUT2D eigenvalue weighted by atomic mass is 10.1. The number of para-hydroxylation sites is 1. The lowest BCUT2D eigenvalue weighted by molar-refractivity contribution is -0.115. The summed E-state index contributed by atoms with van der Waals surface area (Å²) in [6, 6.07) is 8.31. The van der Waals surface area contributed by atoms with Gasteiger partial charge in [0.05, 0.1) is 30.3 Å². The predicted octanol–water partition coefficient (Wildman–Crippen LogP) is 2.15. The Hall–Kier alpha value is -3.52. The van der Waals surface area contributed by atoms with E-state index >= 15 is 0 Å². The zero-order valence-electron chi connectivity index (χ0n) is 15.0.